The van der Waals surface area contributed by atoms with Crippen molar-refractivity contribution in [3.8, 4) is 0 Å². The molecule has 0 nitrogen and oxygen atoms in total. The van der Waals surface area contributed by atoms with E-state index in [0.717, 1.165) is 46.6 Å². The highest BCUT2D eigenvalue weighted by atomic mass is 28.3. The molecule has 5 aliphatic carbocycles. The van der Waals surface area contributed by atoms with Gasteiger partial charge in [0, 0.05) is 0 Å². The van der Waals surface area contributed by atoms with Crippen molar-refractivity contribution in [2.24, 2.45) is 35.5 Å². The van der Waals surface area contributed by atoms with E-state index in [4.69, 9.17) is 0 Å². The van der Waals surface area contributed by atoms with Crippen LogP contribution in [-0.2, 0) is 0 Å². The van der Waals surface area contributed by atoms with E-state index in [1.807, 2.05) is 0 Å². The van der Waals surface area contributed by atoms with Crippen LogP contribution in [0.1, 0.15) is 12.8 Å². The quantitative estimate of drug-likeness (QED) is 0.513. The fourth-order valence-corrected chi connectivity index (χ4v) is 12.5. The first kappa shape index (κ1) is 15.9. The monoisotopic (exact) mass is 346 g/mol. The van der Waals surface area contributed by atoms with Crippen LogP contribution in [0.4, 0.5) is 0 Å². The maximum Gasteiger partial charge on any atom is 0.0554 e. The van der Waals surface area contributed by atoms with Gasteiger partial charge >= 0.3 is 0 Å². The zero-order chi connectivity index (χ0) is 17.0. The Morgan fingerprint density at radius 1 is 0.560 bits per heavy atom. The van der Waals surface area contributed by atoms with Gasteiger partial charge in [0.15, 0.2) is 0 Å². The molecule has 7 unspecified atom stereocenters. The van der Waals surface area contributed by atoms with Gasteiger partial charge in [-0.1, -0.05) is 92.4 Å². The Morgan fingerprint density at radius 2 is 1.04 bits per heavy atom. The van der Waals surface area contributed by atoms with Crippen LogP contribution < -0.4 is 0 Å². The van der Waals surface area contributed by atoms with Crippen molar-refractivity contribution in [1.82, 2.24) is 0 Å². The zero-order valence-electron chi connectivity index (χ0n) is 15.5. The average Bonchev–Trinajstić information content (AvgIpc) is 3.22. The minimum atomic E-state index is -1.42. The third-order valence-electron chi connectivity index (χ3n) is 8.11. The van der Waals surface area contributed by atoms with Gasteiger partial charge in [-0.15, -0.1) is 0 Å². The molecule has 0 aromatic rings. The van der Waals surface area contributed by atoms with Crippen LogP contribution in [0.2, 0.25) is 24.2 Å². The van der Waals surface area contributed by atoms with E-state index >= 15 is 0 Å². The van der Waals surface area contributed by atoms with Gasteiger partial charge in [0.25, 0.3) is 0 Å². The number of allylic oxidation sites excluding steroid dienone is 12. The minimum absolute atomic E-state index is 0.729. The molecule has 130 valence electrons. The highest BCUT2D eigenvalue weighted by Gasteiger charge is 2.57. The molecule has 0 heterocycles. The first-order valence-corrected chi connectivity index (χ1v) is 13.4. The van der Waals surface area contributed by atoms with Crippen molar-refractivity contribution < 1.29 is 0 Å². The standard InChI is InChI=1S/C24H30Si/c1-25(2,23-16-15-17-9-3-4-10-18(17)23)24-21-13-7-5-11-19(21)20-12-6-8-14-22(20)24/h3-14,17-24H,15-16H2,1-2H3. The molecule has 0 amide bonds. The topological polar surface area (TPSA) is 0 Å². The van der Waals surface area contributed by atoms with Crippen LogP contribution in [0.3, 0.4) is 0 Å². The van der Waals surface area contributed by atoms with Gasteiger partial charge in [-0.25, -0.2) is 0 Å². The fraction of sp³-hybridized carbons (Fsp3) is 0.500. The second-order valence-electron chi connectivity index (χ2n) is 9.39. The average molecular weight is 347 g/mol. The van der Waals surface area contributed by atoms with Crippen molar-refractivity contribution in [1.29, 1.82) is 0 Å². The normalized spacial score (nSPS) is 46.3. The molecule has 0 aromatic carbocycles. The van der Waals surface area contributed by atoms with Crippen molar-refractivity contribution >= 4 is 8.07 Å². The molecule has 2 fully saturated rings. The molecule has 0 saturated heterocycles. The third kappa shape index (κ3) is 2.31. The smallest absolute Gasteiger partial charge is 0.0554 e. The predicted octanol–water partition coefficient (Wildman–Crippen LogP) is 6.32. The lowest BCUT2D eigenvalue weighted by molar-refractivity contribution is 0.461. The van der Waals surface area contributed by atoms with Crippen molar-refractivity contribution in [3.63, 3.8) is 0 Å². The second-order valence-corrected chi connectivity index (χ2v) is 14.4. The molecule has 0 bridgehead atoms. The van der Waals surface area contributed by atoms with E-state index in [1.54, 1.807) is 0 Å². The second kappa shape index (κ2) is 5.84. The van der Waals surface area contributed by atoms with Crippen LogP contribution in [-0.4, -0.2) is 8.07 Å². The molecular weight excluding hydrogens is 316 g/mol. The Bertz CT molecular complexity index is 682. The van der Waals surface area contributed by atoms with E-state index in [2.05, 4.69) is 86.0 Å². The molecule has 0 spiro atoms. The predicted molar refractivity (Wildman–Crippen MR) is 110 cm³/mol. The molecular formula is C24H30Si. The number of hydrogen-bond acceptors (Lipinski definition) is 0. The van der Waals surface area contributed by atoms with Crippen LogP contribution in [0.5, 0.6) is 0 Å². The van der Waals surface area contributed by atoms with Crippen molar-refractivity contribution in [3.05, 3.63) is 72.9 Å². The number of hydrogen-bond donors (Lipinski definition) is 0. The van der Waals surface area contributed by atoms with Gasteiger partial charge in [-0.2, -0.15) is 0 Å². The summed E-state index contributed by atoms with van der Waals surface area (Å²) in [6.07, 6.45) is 31.9. The lowest BCUT2D eigenvalue weighted by atomic mass is 9.83. The molecule has 0 aromatic heterocycles. The van der Waals surface area contributed by atoms with E-state index in [9.17, 15) is 0 Å². The zero-order valence-corrected chi connectivity index (χ0v) is 16.5. The van der Waals surface area contributed by atoms with E-state index in [-0.39, 0.29) is 0 Å². The molecule has 7 atom stereocenters. The lowest BCUT2D eigenvalue weighted by Gasteiger charge is -2.44. The van der Waals surface area contributed by atoms with Gasteiger partial charge in [-0.05, 0) is 53.0 Å². The van der Waals surface area contributed by atoms with Crippen LogP contribution in [0.25, 0.3) is 0 Å². The summed E-state index contributed by atoms with van der Waals surface area (Å²) >= 11 is 0. The van der Waals surface area contributed by atoms with E-state index in [1.165, 1.54) is 12.8 Å². The lowest BCUT2D eigenvalue weighted by Crippen LogP contribution is -2.44. The Morgan fingerprint density at radius 3 is 1.64 bits per heavy atom. The molecule has 5 aliphatic rings. The molecule has 2 saturated carbocycles. The third-order valence-corrected chi connectivity index (χ3v) is 13.2. The molecule has 0 N–H and O–H groups in total. The molecule has 1 heteroatoms. The van der Waals surface area contributed by atoms with Crippen LogP contribution >= 0.6 is 0 Å². The van der Waals surface area contributed by atoms with E-state index in [0.29, 0.717) is 0 Å². The summed E-state index contributed by atoms with van der Waals surface area (Å²) in [5.41, 5.74) is 1.83. The number of fused-ring (bicyclic) bond motifs is 4. The first-order valence-electron chi connectivity index (χ1n) is 10.2. The Labute approximate surface area is 153 Å². The maximum atomic E-state index is 2.73. The van der Waals surface area contributed by atoms with Gasteiger partial charge in [0.2, 0.25) is 0 Å². The first-order chi connectivity index (χ1) is 12.2. The summed E-state index contributed by atoms with van der Waals surface area (Å²) in [4.78, 5) is 0. The highest BCUT2D eigenvalue weighted by molar-refractivity contribution is 6.80. The Balaban J connectivity index is 1.52. The molecule has 25 heavy (non-hydrogen) atoms. The Hall–Kier alpha value is -1.34. The summed E-state index contributed by atoms with van der Waals surface area (Å²) in [7, 11) is -1.42. The fourth-order valence-electron chi connectivity index (χ4n) is 7.09. The van der Waals surface area contributed by atoms with Gasteiger partial charge in [0.1, 0.15) is 0 Å². The number of rotatable bonds is 2. The SMILES string of the molecule is C[Si](C)(C1CCC2C=CC=CC21)C1C2C=CC=CC2C2C=CC=CC21. The van der Waals surface area contributed by atoms with Crippen LogP contribution in [0, 0.1) is 35.5 Å². The minimum Gasteiger partial charge on any atom is -0.0808 e. The molecule has 0 radical (unpaired) electrons. The van der Waals surface area contributed by atoms with Gasteiger partial charge in [0.05, 0.1) is 8.07 Å². The Kier molecular flexibility index (Phi) is 3.71. The van der Waals surface area contributed by atoms with Gasteiger partial charge < -0.3 is 0 Å². The summed E-state index contributed by atoms with van der Waals surface area (Å²) in [6.45, 7) is 5.46. The highest BCUT2D eigenvalue weighted by Crippen LogP contribution is 2.63. The molecule has 5 rings (SSSR count). The maximum absolute atomic E-state index is 2.73. The summed E-state index contributed by atoms with van der Waals surface area (Å²) in [5, 5.41) is 0. The summed E-state index contributed by atoms with van der Waals surface area (Å²) in [6, 6.07) is 0. The van der Waals surface area contributed by atoms with Crippen molar-refractivity contribution in [2.45, 2.75) is 37.0 Å². The summed E-state index contributed by atoms with van der Waals surface area (Å²) < 4.78 is 0. The van der Waals surface area contributed by atoms with Gasteiger partial charge in [-0.3, -0.25) is 0 Å². The van der Waals surface area contributed by atoms with E-state index < -0.39 is 8.07 Å². The summed E-state index contributed by atoms with van der Waals surface area (Å²) in [5.74, 6) is 4.61. The van der Waals surface area contributed by atoms with Crippen LogP contribution in [0.15, 0.2) is 72.9 Å². The van der Waals surface area contributed by atoms with Crippen molar-refractivity contribution in [2.75, 3.05) is 0 Å². The molecule has 0 aliphatic heterocycles. The largest absolute Gasteiger partial charge is 0.0808 e.